The predicted molar refractivity (Wildman–Crippen MR) is 85.5 cm³/mol. The lowest BCUT2D eigenvalue weighted by Crippen LogP contribution is -2.06. The highest BCUT2D eigenvalue weighted by atomic mass is 16.5. The number of carbonyl (C=O) groups excluding carboxylic acids is 1. The van der Waals surface area contributed by atoms with Gasteiger partial charge in [0.05, 0.1) is 12.2 Å². The molecule has 21 heavy (non-hydrogen) atoms. The summed E-state index contributed by atoms with van der Waals surface area (Å²) >= 11 is 0. The second-order valence-electron chi connectivity index (χ2n) is 5.15. The van der Waals surface area contributed by atoms with Gasteiger partial charge in [-0.1, -0.05) is 38.3 Å². The Morgan fingerprint density at radius 3 is 2.43 bits per heavy atom. The van der Waals surface area contributed by atoms with E-state index in [4.69, 9.17) is 9.84 Å². The molecule has 0 aromatic heterocycles. The molecule has 0 atom stereocenters. The molecule has 116 valence electrons. The van der Waals surface area contributed by atoms with Gasteiger partial charge in [0, 0.05) is 0 Å². The van der Waals surface area contributed by atoms with Crippen LogP contribution in [0.4, 0.5) is 0 Å². The topological polar surface area (TPSA) is 46.5 Å². The van der Waals surface area contributed by atoms with E-state index >= 15 is 0 Å². The molecule has 0 radical (unpaired) electrons. The van der Waals surface area contributed by atoms with E-state index in [0.29, 0.717) is 12.2 Å². The fraction of sp³-hybridized carbons (Fsp3) is 0.500. The molecule has 0 heterocycles. The highest BCUT2D eigenvalue weighted by Gasteiger charge is 2.06. The molecular weight excluding hydrogens is 264 g/mol. The number of benzene rings is 1. The smallest absolute Gasteiger partial charge is 0.338 e. The van der Waals surface area contributed by atoms with Gasteiger partial charge < -0.3 is 9.84 Å². The molecule has 1 N–H and O–H groups in total. The van der Waals surface area contributed by atoms with Crippen molar-refractivity contribution in [2.75, 3.05) is 6.61 Å². The highest BCUT2D eigenvalue weighted by molar-refractivity contribution is 5.89. The maximum absolute atomic E-state index is 11.7. The van der Waals surface area contributed by atoms with Crippen molar-refractivity contribution in [3.63, 3.8) is 0 Å². The fourth-order valence-electron chi connectivity index (χ4n) is 1.97. The maximum atomic E-state index is 11.7. The summed E-state index contributed by atoms with van der Waals surface area (Å²) in [6.07, 6.45) is 12.4. The monoisotopic (exact) mass is 290 g/mol. The summed E-state index contributed by atoms with van der Waals surface area (Å²) in [5, 5.41) is 9.15. The van der Waals surface area contributed by atoms with Crippen molar-refractivity contribution in [2.24, 2.45) is 0 Å². The van der Waals surface area contributed by atoms with Crippen LogP contribution in [0.5, 0.6) is 5.75 Å². The number of esters is 1. The minimum atomic E-state index is -0.322. The number of phenols is 1. The van der Waals surface area contributed by atoms with Crippen molar-refractivity contribution < 1.29 is 14.6 Å². The molecule has 0 saturated carbocycles. The molecule has 0 aliphatic rings. The van der Waals surface area contributed by atoms with Gasteiger partial charge in [0.25, 0.3) is 0 Å². The summed E-state index contributed by atoms with van der Waals surface area (Å²) in [7, 11) is 0. The van der Waals surface area contributed by atoms with Crippen LogP contribution in [0.3, 0.4) is 0 Å². The number of rotatable bonds is 10. The number of allylic oxidation sites excluding steroid dienone is 2. The van der Waals surface area contributed by atoms with E-state index in [-0.39, 0.29) is 11.7 Å². The van der Waals surface area contributed by atoms with Crippen molar-refractivity contribution in [1.29, 1.82) is 0 Å². The zero-order valence-corrected chi connectivity index (χ0v) is 12.9. The first-order valence-corrected chi connectivity index (χ1v) is 7.85. The van der Waals surface area contributed by atoms with Crippen LogP contribution >= 0.6 is 0 Å². The Balaban J connectivity index is 2.01. The SMILES string of the molecule is CCC/C=C/CCCCCCOC(=O)c1ccc(O)cc1. The molecule has 0 saturated heterocycles. The molecule has 3 nitrogen and oxygen atoms in total. The Labute approximate surface area is 127 Å². The van der Waals surface area contributed by atoms with E-state index in [1.54, 1.807) is 12.1 Å². The zero-order chi connectivity index (χ0) is 15.3. The number of carbonyl (C=O) groups is 1. The molecule has 0 aliphatic heterocycles. The van der Waals surface area contributed by atoms with Crippen molar-refractivity contribution in [2.45, 2.75) is 51.9 Å². The van der Waals surface area contributed by atoms with Gasteiger partial charge in [-0.15, -0.1) is 0 Å². The lowest BCUT2D eigenvalue weighted by Gasteiger charge is -2.04. The van der Waals surface area contributed by atoms with Crippen LogP contribution in [0, 0.1) is 0 Å². The van der Waals surface area contributed by atoms with E-state index in [2.05, 4.69) is 19.1 Å². The van der Waals surface area contributed by atoms with Crippen molar-refractivity contribution in [1.82, 2.24) is 0 Å². The number of aromatic hydroxyl groups is 1. The second-order valence-corrected chi connectivity index (χ2v) is 5.15. The van der Waals surface area contributed by atoms with E-state index in [1.807, 2.05) is 0 Å². The van der Waals surface area contributed by atoms with E-state index in [1.165, 1.54) is 37.8 Å². The van der Waals surface area contributed by atoms with Crippen LogP contribution in [0.25, 0.3) is 0 Å². The highest BCUT2D eigenvalue weighted by Crippen LogP contribution is 2.11. The van der Waals surface area contributed by atoms with Gasteiger partial charge in [0.1, 0.15) is 5.75 Å². The summed E-state index contributed by atoms with van der Waals surface area (Å²) in [5.74, 6) is -0.169. The van der Waals surface area contributed by atoms with Crippen molar-refractivity contribution in [3.05, 3.63) is 42.0 Å². The lowest BCUT2D eigenvalue weighted by atomic mass is 10.1. The summed E-state index contributed by atoms with van der Waals surface area (Å²) in [6, 6.07) is 6.12. The van der Waals surface area contributed by atoms with Gasteiger partial charge >= 0.3 is 5.97 Å². The molecule has 1 rings (SSSR count). The Hall–Kier alpha value is -1.77. The Morgan fingerprint density at radius 1 is 1.05 bits per heavy atom. The van der Waals surface area contributed by atoms with Crippen molar-refractivity contribution in [3.8, 4) is 5.75 Å². The van der Waals surface area contributed by atoms with Gasteiger partial charge in [-0.2, -0.15) is 0 Å². The number of ether oxygens (including phenoxy) is 1. The maximum Gasteiger partial charge on any atom is 0.338 e. The number of hydrogen-bond acceptors (Lipinski definition) is 3. The minimum absolute atomic E-state index is 0.152. The van der Waals surface area contributed by atoms with Gasteiger partial charge in [-0.3, -0.25) is 0 Å². The molecule has 1 aromatic carbocycles. The molecule has 0 unspecified atom stereocenters. The van der Waals surface area contributed by atoms with E-state index in [0.717, 1.165) is 19.3 Å². The third-order valence-corrected chi connectivity index (χ3v) is 3.22. The second kappa shape index (κ2) is 11.0. The molecular formula is C18H26O3. The number of phenolic OH excluding ortho intramolecular Hbond substituents is 1. The average Bonchev–Trinajstić information content (AvgIpc) is 2.49. The van der Waals surface area contributed by atoms with Gasteiger partial charge in [0.2, 0.25) is 0 Å². The fourth-order valence-corrected chi connectivity index (χ4v) is 1.97. The van der Waals surface area contributed by atoms with Crippen LogP contribution in [0.15, 0.2) is 36.4 Å². The lowest BCUT2D eigenvalue weighted by molar-refractivity contribution is 0.0497. The number of unbranched alkanes of at least 4 members (excludes halogenated alkanes) is 5. The first-order valence-electron chi connectivity index (χ1n) is 7.85. The molecule has 3 heteroatoms. The van der Waals surface area contributed by atoms with Crippen LogP contribution in [-0.4, -0.2) is 17.7 Å². The predicted octanol–water partition coefficient (Wildman–Crippen LogP) is 4.86. The summed E-state index contributed by atoms with van der Waals surface area (Å²) < 4.78 is 5.19. The average molecular weight is 290 g/mol. The molecule has 0 aliphatic carbocycles. The minimum Gasteiger partial charge on any atom is -0.508 e. The largest absolute Gasteiger partial charge is 0.508 e. The van der Waals surface area contributed by atoms with Crippen molar-refractivity contribution >= 4 is 5.97 Å². The third-order valence-electron chi connectivity index (χ3n) is 3.22. The standard InChI is InChI=1S/C18H26O3/c1-2-3-4-5-6-7-8-9-10-15-21-18(20)16-11-13-17(19)14-12-16/h4-5,11-14,19H,2-3,6-10,15H2,1H3/b5-4+. The zero-order valence-electron chi connectivity index (χ0n) is 12.9. The Kier molecular flexibility index (Phi) is 9.01. The molecule has 1 aromatic rings. The van der Waals surface area contributed by atoms with E-state index in [9.17, 15) is 4.79 Å². The van der Waals surface area contributed by atoms with Crippen LogP contribution in [0.2, 0.25) is 0 Å². The number of hydrogen-bond donors (Lipinski definition) is 1. The molecule has 0 spiro atoms. The first-order chi connectivity index (χ1) is 10.2. The first kappa shape index (κ1) is 17.3. The normalized spacial score (nSPS) is 10.9. The summed E-state index contributed by atoms with van der Waals surface area (Å²) in [6.45, 7) is 2.65. The van der Waals surface area contributed by atoms with Crippen LogP contribution in [0.1, 0.15) is 62.2 Å². The molecule has 0 bridgehead atoms. The Morgan fingerprint density at radius 2 is 1.71 bits per heavy atom. The van der Waals surface area contributed by atoms with Crippen LogP contribution in [-0.2, 0) is 4.74 Å². The quantitative estimate of drug-likeness (QED) is 0.380. The molecule has 0 fully saturated rings. The van der Waals surface area contributed by atoms with Crippen LogP contribution < -0.4 is 0 Å². The van der Waals surface area contributed by atoms with Gasteiger partial charge in [-0.25, -0.2) is 4.79 Å². The third kappa shape index (κ3) is 8.18. The summed E-state index contributed by atoms with van der Waals surface area (Å²) in [4.78, 5) is 11.7. The Bertz CT molecular complexity index is 421. The summed E-state index contributed by atoms with van der Waals surface area (Å²) in [5.41, 5.74) is 0.480. The molecule has 0 amide bonds. The van der Waals surface area contributed by atoms with Gasteiger partial charge in [0.15, 0.2) is 0 Å². The van der Waals surface area contributed by atoms with Gasteiger partial charge in [-0.05, 0) is 49.9 Å². The van der Waals surface area contributed by atoms with E-state index < -0.39 is 0 Å².